The van der Waals surface area contributed by atoms with Crippen LogP contribution in [0.4, 0.5) is 0 Å². The number of halogens is 1. The van der Waals surface area contributed by atoms with Crippen LogP contribution in [-0.4, -0.2) is 31.0 Å². The third-order valence-electron chi connectivity index (χ3n) is 2.70. The fraction of sp³-hybridized carbons (Fsp3) is 0.500. The van der Waals surface area contributed by atoms with E-state index < -0.39 is 0 Å². The zero-order chi connectivity index (χ0) is 15.9. The molecule has 0 aliphatic heterocycles. The summed E-state index contributed by atoms with van der Waals surface area (Å²) in [5, 5.41) is 9.17. The average molecular weight is 418 g/mol. The molecule has 0 saturated carbocycles. The van der Waals surface area contributed by atoms with Crippen molar-refractivity contribution in [3.63, 3.8) is 0 Å². The zero-order valence-electron chi connectivity index (χ0n) is 14.0. The van der Waals surface area contributed by atoms with Crippen molar-refractivity contribution in [3.8, 4) is 0 Å². The Kier molecular flexibility index (Phi) is 9.08. The third-order valence-corrected chi connectivity index (χ3v) is 2.70. The summed E-state index contributed by atoms with van der Waals surface area (Å²) in [5.41, 5.74) is 1.68. The van der Waals surface area contributed by atoms with Crippen molar-refractivity contribution in [2.75, 3.05) is 13.6 Å². The number of rotatable bonds is 4. The molecule has 0 bridgehead atoms. The summed E-state index contributed by atoms with van der Waals surface area (Å²) >= 11 is 0. The highest BCUT2D eigenvalue weighted by molar-refractivity contribution is 14.0. The van der Waals surface area contributed by atoms with Crippen molar-refractivity contribution in [2.24, 2.45) is 4.99 Å². The van der Waals surface area contributed by atoms with E-state index in [4.69, 9.17) is 0 Å². The van der Waals surface area contributed by atoms with Gasteiger partial charge in [-0.15, -0.1) is 24.0 Å². The van der Waals surface area contributed by atoms with Crippen LogP contribution in [0.1, 0.15) is 43.6 Å². The highest BCUT2D eigenvalue weighted by Gasteiger charge is 2.11. The molecule has 22 heavy (non-hydrogen) atoms. The van der Waals surface area contributed by atoms with E-state index in [0.29, 0.717) is 12.1 Å². The predicted octanol–water partition coefficient (Wildman–Crippen LogP) is 2.52. The molecule has 5 nitrogen and oxygen atoms in total. The first-order chi connectivity index (χ1) is 9.85. The minimum absolute atomic E-state index is 0. The van der Waals surface area contributed by atoms with Gasteiger partial charge in [0.25, 0.3) is 5.91 Å². The Morgan fingerprint density at radius 2 is 1.77 bits per heavy atom. The number of amides is 1. The predicted molar refractivity (Wildman–Crippen MR) is 103 cm³/mol. The number of carbonyl (C=O) groups is 1. The number of aliphatic imine (C=N–C) groups is 1. The maximum atomic E-state index is 11.5. The van der Waals surface area contributed by atoms with Gasteiger partial charge in [-0.3, -0.25) is 4.79 Å². The smallest absolute Gasteiger partial charge is 0.251 e. The Bertz CT molecular complexity index is 492. The number of benzene rings is 1. The van der Waals surface area contributed by atoms with Crippen LogP contribution in [-0.2, 0) is 6.54 Å². The van der Waals surface area contributed by atoms with Gasteiger partial charge >= 0.3 is 0 Å². The summed E-state index contributed by atoms with van der Waals surface area (Å²) in [5.74, 6) is 0.716. The van der Waals surface area contributed by atoms with Crippen LogP contribution in [0.2, 0.25) is 0 Å². The molecule has 0 unspecified atom stereocenters. The number of hydrogen-bond acceptors (Lipinski definition) is 2. The van der Waals surface area contributed by atoms with E-state index in [9.17, 15) is 4.79 Å². The van der Waals surface area contributed by atoms with Crippen LogP contribution in [0.3, 0.4) is 0 Å². The van der Waals surface area contributed by atoms with Gasteiger partial charge in [0.15, 0.2) is 5.96 Å². The van der Waals surface area contributed by atoms with E-state index in [1.807, 2.05) is 31.2 Å². The molecule has 0 aromatic heterocycles. The minimum atomic E-state index is -0.0761. The fourth-order valence-corrected chi connectivity index (χ4v) is 1.74. The van der Waals surface area contributed by atoms with Crippen molar-refractivity contribution in [1.29, 1.82) is 0 Å². The molecule has 0 heterocycles. The van der Waals surface area contributed by atoms with Crippen molar-refractivity contribution in [2.45, 2.75) is 39.8 Å². The third kappa shape index (κ3) is 7.63. The largest absolute Gasteiger partial charge is 0.357 e. The summed E-state index contributed by atoms with van der Waals surface area (Å²) in [6.07, 6.45) is 0. The van der Waals surface area contributed by atoms with E-state index in [1.54, 1.807) is 7.05 Å². The van der Waals surface area contributed by atoms with Gasteiger partial charge in [-0.1, -0.05) is 12.1 Å². The number of nitrogens with one attached hydrogen (secondary N) is 3. The highest BCUT2D eigenvalue weighted by atomic mass is 127. The molecule has 0 spiro atoms. The zero-order valence-corrected chi connectivity index (χ0v) is 16.3. The molecule has 0 fully saturated rings. The lowest BCUT2D eigenvalue weighted by molar-refractivity contribution is 0.0963. The lowest BCUT2D eigenvalue weighted by atomic mass is 10.1. The maximum absolute atomic E-state index is 11.5. The van der Waals surface area contributed by atoms with Crippen LogP contribution < -0.4 is 16.0 Å². The molecule has 0 saturated heterocycles. The number of guanidine groups is 1. The Morgan fingerprint density at radius 1 is 1.18 bits per heavy atom. The highest BCUT2D eigenvalue weighted by Crippen LogP contribution is 2.06. The summed E-state index contributed by atoms with van der Waals surface area (Å²) < 4.78 is 0. The number of nitrogens with zero attached hydrogens (tertiary/aromatic N) is 1. The minimum Gasteiger partial charge on any atom is -0.357 e. The van der Waals surface area contributed by atoms with Gasteiger partial charge in [-0.25, -0.2) is 4.99 Å². The van der Waals surface area contributed by atoms with Crippen LogP contribution >= 0.6 is 24.0 Å². The molecule has 0 radical (unpaired) electrons. The summed E-state index contributed by atoms with van der Waals surface area (Å²) in [6, 6.07) is 7.48. The van der Waals surface area contributed by atoms with E-state index in [1.165, 1.54) is 0 Å². The van der Waals surface area contributed by atoms with E-state index in [2.05, 4.69) is 41.7 Å². The van der Waals surface area contributed by atoms with Crippen LogP contribution in [0.5, 0.6) is 0 Å². The molecule has 0 atom stereocenters. The summed E-state index contributed by atoms with van der Waals surface area (Å²) in [7, 11) is 1.63. The molecule has 0 aliphatic rings. The average Bonchev–Trinajstić information content (AvgIpc) is 2.43. The molecular formula is C16H27IN4O. The van der Waals surface area contributed by atoms with Gasteiger partial charge in [0.1, 0.15) is 0 Å². The van der Waals surface area contributed by atoms with Gasteiger partial charge in [0.2, 0.25) is 0 Å². The Balaban J connectivity index is 0.00000441. The molecule has 124 valence electrons. The van der Waals surface area contributed by atoms with Gasteiger partial charge in [-0.05, 0) is 45.4 Å². The molecule has 0 aliphatic carbocycles. The number of hydrogen-bond donors (Lipinski definition) is 3. The first-order valence-electron chi connectivity index (χ1n) is 7.23. The van der Waals surface area contributed by atoms with Crippen molar-refractivity contribution in [1.82, 2.24) is 16.0 Å². The van der Waals surface area contributed by atoms with Gasteiger partial charge in [0, 0.05) is 24.7 Å². The molecule has 1 rings (SSSR count). The fourth-order valence-electron chi connectivity index (χ4n) is 1.74. The maximum Gasteiger partial charge on any atom is 0.251 e. The topological polar surface area (TPSA) is 65.5 Å². The molecule has 1 aromatic rings. The first kappa shape index (κ1) is 20.7. The van der Waals surface area contributed by atoms with Crippen molar-refractivity contribution < 1.29 is 4.79 Å². The Labute approximate surface area is 150 Å². The van der Waals surface area contributed by atoms with Crippen LogP contribution in [0, 0.1) is 0 Å². The molecule has 6 heteroatoms. The van der Waals surface area contributed by atoms with E-state index in [-0.39, 0.29) is 35.4 Å². The van der Waals surface area contributed by atoms with E-state index in [0.717, 1.165) is 18.1 Å². The lowest BCUT2D eigenvalue weighted by Gasteiger charge is -2.23. The lowest BCUT2D eigenvalue weighted by Crippen LogP contribution is -2.47. The Hall–Kier alpha value is -1.31. The number of carbonyl (C=O) groups excluding carboxylic acids is 1. The van der Waals surface area contributed by atoms with Crippen LogP contribution in [0.25, 0.3) is 0 Å². The van der Waals surface area contributed by atoms with E-state index >= 15 is 0 Å². The summed E-state index contributed by atoms with van der Waals surface area (Å²) in [4.78, 5) is 16.0. The second kappa shape index (κ2) is 9.66. The molecular weight excluding hydrogens is 391 g/mol. The van der Waals surface area contributed by atoms with Crippen LogP contribution in [0.15, 0.2) is 29.3 Å². The Morgan fingerprint density at radius 3 is 2.23 bits per heavy atom. The van der Waals surface area contributed by atoms with Gasteiger partial charge in [0.05, 0.1) is 6.54 Å². The second-order valence-corrected chi connectivity index (χ2v) is 5.85. The normalized spacial score (nSPS) is 11.4. The second-order valence-electron chi connectivity index (χ2n) is 5.85. The van der Waals surface area contributed by atoms with Crippen molar-refractivity contribution >= 4 is 35.8 Å². The van der Waals surface area contributed by atoms with Gasteiger partial charge in [-0.2, -0.15) is 0 Å². The molecule has 3 N–H and O–H groups in total. The molecule has 1 amide bonds. The SMILES string of the molecule is CCNC(=NCc1ccc(C(=O)NC)cc1)NC(C)(C)C.I. The van der Waals surface area contributed by atoms with Gasteiger partial charge < -0.3 is 16.0 Å². The summed E-state index contributed by atoms with van der Waals surface area (Å²) in [6.45, 7) is 9.71. The monoisotopic (exact) mass is 418 g/mol. The quantitative estimate of drug-likeness (QED) is 0.400. The standard InChI is InChI=1S/C16H26N4O.HI/c1-6-18-15(20-16(2,3)4)19-11-12-7-9-13(10-8-12)14(21)17-5;/h7-10H,6,11H2,1-5H3,(H,17,21)(H2,18,19,20);1H. The molecule has 1 aromatic carbocycles. The first-order valence-corrected chi connectivity index (χ1v) is 7.23. The van der Waals surface area contributed by atoms with Crippen molar-refractivity contribution in [3.05, 3.63) is 35.4 Å².